The zero-order chi connectivity index (χ0) is 15.4. The van der Waals surface area contributed by atoms with Crippen molar-refractivity contribution in [2.24, 2.45) is 0 Å². The Hall–Kier alpha value is -2.16. The van der Waals surface area contributed by atoms with Gasteiger partial charge in [-0.2, -0.15) is 4.57 Å². The number of carbonyl (C=O) groups is 1. The maximum Gasteiger partial charge on any atom is 0.289 e. The number of aryl methyl sites for hydroxylation is 2. The van der Waals surface area contributed by atoms with E-state index in [-0.39, 0.29) is 11.9 Å². The number of nitrogens with one attached hydrogen (secondary N) is 1. The molecule has 0 bridgehead atoms. The number of amides is 1. The van der Waals surface area contributed by atoms with Gasteiger partial charge in [0.15, 0.2) is 12.4 Å². The lowest BCUT2D eigenvalue weighted by Gasteiger charge is -2.15. The Kier molecular flexibility index (Phi) is 4.52. The van der Waals surface area contributed by atoms with Crippen LogP contribution in [0.4, 0.5) is 0 Å². The Morgan fingerprint density at radius 2 is 1.86 bits per heavy atom. The molecule has 0 radical (unpaired) electrons. The standard InChI is InChI=1S/C19H22N2O/c1-15(19(22)20-13-16-7-3-2-4-8-16)21-12-11-17-9-5-6-10-18(17)14-21/h2-4,7-8,11-12,14-15H,5-6,9-10,13H2,1H3/p+1/t15-/m0/s1. The van der Waals surface area contributed by atoms with Crippen LogP contribution in [-0.2, 0) is 24.2 Å². The van der Waals surface area contributed by atoms with E-state index < -0.39 is 0 Å². The van der Waals surface area contributed by atoms with E-state index in [2.05, 4.69) is 17.6 Å². The molecule has 0 aliphatic heterocycles. The Bertz CT molecular complexity index is 652. The number of benzene rings is 1. The Morgan fingerprint density at radius 3 is 2.64 bits per heavy atom. The highest BCUT2D eigenvalue weighted by Gasteiger charge is 2.23. The predicted molar refractivity (Wildman–Crippen MR) is 86.3 cm³/mol. The molecule has 1 N–H and O–H groups in total. The average molecular weight is 295 g/mol. The molecule has 1 aromatic heterocycles. The summed E-state index contributed by atoms with van der Waals surface area (Å²) in [4.78, 5) is 12.4. The third-order valence-corrected chi connectivity index (χ3v) is 4.44. The molecule has 1 aliphatic carbocycles. The lowest BCUT2D eigenvalue weighted by molar-refractivity contribution is -0.706. The second kappa shape index (κ2) is 6.73. The minimum atomic E-state index is -0.184. The summed E-state index contributed by atoms with van der Waals surface area (Å²) >= 11 is 0. The molecule has 0 spiro atoms. The molecular weight excluding hydrogens is 272 g/mol. The fraction of sp³-hybridized carbons (Fsp3) is 0.368. The molecule has 2 aromatic rings. The molecule has 3 heteroatoms. The molecule has 0 saturated heterocycles. The molecule has 114 valence electrons. The highest BCUT2D eigenvalue weighted by Crippen LogP contribution is 2.19. The monoisotopic (exact) mass is 295 g/mol. The van der Waals surface area contributed by atoms with Crippen LogP contribution in [-0.4, -0.2) is 5.91 Å². The zero-order valence-electron chi connectivity index (χ0n) is 13.1. The van der Waals surface area contributed by atoms with Crippen molar-refractivity contribution >= 4 is 5.91 Å². The molecule has 22 heavy (non-hydrogen) atoms. The van der Waals surface area contributed by atoms with Gasteiger partial charge in [-0.05, 0) is 36.8 Å². The first kappa shape index (κ1) is 14.8. The largest absolute Gasteiger partial charge is 0.346 e. The van der Waals surface area contributed by atoms with Crippen LogP contribution in [0.5, 0.6) is 0 Å². The van der Waals surface area contributed by atoms with Crippen LogP contribution >= 0.6 is 0 Å². The van der Waals surface area contributed by atoms with E-state index in [4.69, 9.17) is 0 Å². The first-order valence-electron chi connectivity index (χ1n) is 8.08. The molecule has 3 rings (SSSR count). The molecular formula is C19H23N2O+. The minimum Gasteiger partial charge on any atom is -0.346 e. The molecule has 0 fully saturated rings. The average Bonchev–Trinajstić information content (AvgIpc) is 2.59. The molecule has 1 heterocycles. The van der Waals surface area contributed by atoms with Crippen molar-refractivity contribution in [1.29, 1.82) is 0 Å². The Labute approximate surface area is 132 Å². The summed E-state index contributed by atoms with van der Waals surface area (Å²) in [6, 6.07) is 12.0. The van der Waals surface area contributed by atoms with E-state index in [0.29, 0.717) is 6.54 Å². The Morgan fingerprint density at radius 1 is 1.14 bits per heavy atom. The number of hydrogen-bond acceptors (Lipinski definition) is 1. The van der Waals surface area contributed by atoms with Gasteiger partial charge < -0.3 is 5.32 Å². The normalized spacial score (nSPS) is 15.0. The van der Waals surface area contributed by atoms with Gasteiger partial charge >= 0.3 is 0 Å². The number of aromatic nitrogens is 1. The van der Waals surface area contributed by atoms with Crippen LogP contribution in [0.25, 0.3) is 0 Å². The van der Waals surface area contributed by atoms with Crippen LogP contribution in [0, 0.1) is 0 Å². The van der Waals surface area contributed by atoms with Gasteiger partial charge in [-0.3, -0.25) is 4.79 Å². The third kappa shape index (κ3) is 3.35. The number of hydrogen-bond donors (Lipinski definition) is 1. The molecule has 0 saturated carbocycles. The van der Waals surface area contributed by atoms with Crippen molar-refractivity contribution in [3.63, 3.8) is 0 Å². The maximum atomic E-state index is 12.4. The van der Waals surface area contributed by atoms with Gasteiger partial charge in [-0.15, -0.1) is 0 Å². The topological polar surface area (TPSA) is 33.0 Å². The number of nitrogens with zero attached hydrogens (tertiary/aromatic N) is 1. The smallest absolute Gasteiger partial charge is 0.289 e. The van der Waals surface area contributed by atoms with Gasteiger partial charge in [0.1, 0.15) is 0 Å². The van der Waals surface area contributed by atoms with Crippen molar-refractivity contribution < 1.29 is 9.36 Å². The summed E-state index contributed by atoms with van der Waals surface area (Å²) < 4.78 is 2.03. The van der Waals surface area contributed by atoms with E-state index in [1.807, 2.05) is 48.0 Å². The fourth-order valence-corrected chi connectivity index (χ4v) is 3.00. The minimum absolute atomic E-state index is 0.0598. The quantitative estimate of drug-likeness (QED) is 0.864. The predicted octanol–water partition coefficient (Wildman–Crippen LogP) is 2.73. The Balaban J connectivity index is 1.65. The number of fused-ring (bicyclic) bond motifs is 1. The molecule has 0 unspecified atom stereocenters. The molecule has 1 aromatic carbocycles. The summed E-state index contributed by atoms with van der Waals surface area (Å²) in [6.45, 7) is 2.53. The van der Waals surface area contributed by atoms with Crippen LogP contribution in [0.2, 0.25) is 0 Å². The van der Waals surface area contributed by atoms with Crippen LogP contribution in [0.3, 0.4) is 0 Å². The molecule has 1 atom stereocenters. The first-order valence-corrected chi connectivity index (χ1v) is 8.08. The van der Waals surface area contributed by atoms with Crippen molar-refractivity contribution in [3.8, 4) is 0 Å². The van der Waals surface area contributed by atoms with E-state index in [9.17, 15) is 4.79 Å². The fourth-order valence-electron chi connectivity index (χ4n) is 3.00. The molecule has 1 aliphatic rings. The van der Waals surface area contributed by atoms with E-state index >= 15 is 0 Å². The summed E-state index contributed by atoms with van der Waals surface area (Å²) in [6.07, 6.45) is 9.03. The van der Waals surface area contributed by atoms with Crippen LogP contribution < -0.4 is 9.88 Å². The summed E-state index contributed by atoms with van der Waals surface area (Å²) in [5.41, 5.74) is 3.97. The van der Waals surface area contributed by atoms with Crippen LogP contribution in [0.1, 0.15) is 42.5 Å². The number of carbonyl (C=O) groups excluding carboxylic acids is 1. The number of pyridine rings is 1. The van der Waals surface area contributed by atoms with Crippen molar-refractivity contribution in [2.45, 2.75) is 45.2 Å². The highest BCUT2D eigenvalue weighted by molar-refractivity contribution is 5.78. The third-order valence-electron chi connectivity index (χ3n) is 4.44. The lowest BCUT2D eigenvalue weighted by atomic mass is 9.93. The summed E-state index contributed by atoms with van der Waals surface area (Å²) in [5, 5.41) is 3.02. The van der Waals surface area contributed by atoms with Crippen molar-refractivity contribution in [2.75, 3.05) is 0 Å². The van der Waals surface area contributed by atoms with E-state index in [1.54, 1.807) is 0 Å². The molecule has 3 nitrogen and oxygen atoms in total. The van der Waals surface area contributed by atoms with Gasteiger partial charge in [-0.25, -0.2) is 0 Å². The van der Waals surface area contributed by atoms with Gasteiger partial charge in [0.2, 0.25) is 6.04 Å². The summed E-state index contributed by atoms with van der Waals surface area (Å²) in [5.74, 6) is 0.0598. The van der Waals surface area contributed by atoms with Crippen molar-refractivity contribution in [1.82, 2.24) is 5.32 Å². The number of rotatable bonds is 4. The second-order valence-electron chi connectivity index (χ2n) is 6.03. The maximum absolute atomic E-state index is 12.4. The van der Waals surface area contributed by atoms with Gasteiger partial charge in [0.25, 0.3) is 5.91 Å². The lowest BCUT2D eigenvalue weighted by Crippen LogP contribution is -2.46. The highest BCUT2D eigenvalue weighted by atomic mass is 16.2. The zero-order valence-corrected chi connectivity index (χ0v) is 13.1. The van der Waals surface area contributed by atoms with Gasteiger partial charge in [-0.1, -0.05) is 30.3 Å². The SMILES string of the molecule is C[C@@H](C(=O)NCc1ccccc1)[n+]1ccc2c(c1)CCCC2. The molecule has 1 amide bonds. The second-order valence-corrected chi connectivity index (χ2v) is 6.03. The summed E-state index contributed by atoms with van der Waals surface area (Å²) in [7, 11) is 0. The van der Waals surface area contributed by atoms with E-state index in [1.165, 1.54) is 30.4 Å². The van der Waals surface area contributed by atoms with Crippen LogP contribution in [0.15, 0.2) is 48.8 Å². The van der Waals surface area contributed by atoms with Crippen molar-refractivity contribution in [3.05, 3.63) is 65.5 Å². The first-order chi connectivity index (χ1) is 10.7. The van der Waals surface area contributed by atoms with E-state index in [0.717, 1.165) is 12.0 Å². The van der Waals surface area contributed by atoms with Gasteiger partial charge in [0, 0.05) is 25.1 Å². The van der Waals surface area contributed by atoms with Gasteiger partial charge in [0.05, 0.1) is 0 Å².